The van der Waals surface area contributed by atoms with Crippen LogP contribution in [0.3, 0.4) is 0 Å². The van der Waals surface area contributed by atoms with Crippen molar-refractivity contribution in [2.75, 3.05) is 4.90 Å². The summed E-state index contributed by atoms with van der Waals surface area (Å²) < 4.78 is 0. The molecular weight excluding hydrogens is 250 g/mol. The van der Waals surface area contributed by atoms with Gasteiger partial charge in [0.05, 0.1) is 17.5 Å². The van der Waals surface area contributed by atoms with E-state index in [1.165, 1.54) is 4.90 Å². The number of para-hydroxylation sites is 1. The van der Waals surface area contributed by atoms with Crippen molar-refractivity contribution < 1.29 is 9.59 Å². The van der Waals surface area contributed by atoms with E-state index < -0.39 is 0 Å². The van der Waals surface area contributed by atoms with Crippen LogP contribution < -0.4 is 4.90 Å². The summed E-state index contributed by atoms with van der Waals surface area (Å²) in [6.07, 6.45) is 2.35. The molecule has 1 aromatic rings. The molecule has 3 heteroatoms. The Morgan fingerprint density at radius 1 is 1.15 bits per heavy atom. The van der Waals surface area contributed by atoms with Crippen LogP contribution in [0.4, 0.5) is 5.69 Å². The minimum absolute atomic E-state index is 0.0809. The van der Waals surface area contributed by atoms with E-state index in [-0.39, 0.29) is 23.7 Å². The fourth-order valence-corrected chi connectivity index (χ4v) is 2.84. The van der Waals surface area contributed by atoms with E-state index in [9.17, 15) is 9.59 Å². The summed E-state index contributed by atoms with van der Waals surface area (Å²) in [5.41, 5.74) is 1.52. The van der Waals surface area contributed by atoms with Crippen molar-refractivity contribution in [2.45, 2.75) is 33.1 Å². The van der Waals surface area contributed by atoms with Gasteiger partial charge in [0.2, 0.25) is 11.8 Å². The van der Waals surface area contributed by atoms with Crippen LogP contribution in [0.1, 0.15) is 33.1 Å². The van der Waals surface area contributed by atoms with Crippen molar-refractivity contribution >= 4 is 17.5 Å². The van der Waals surface area contributed by atoms with E-state index in [4.69, 9.17) is 0 Å². The van der Waals surface area contributed by atoms with Crippen LogP contribution in [0, 0.1) is 11.8 Å². The number of hydrogen-bond acceptors (Lipinski definition) is 2. The minimum Gasteiger partial charge on any atom is -0.274 e. The molecule has 1 saturated heterocycles. The zero-order chi connectivity index (χ0) is 14.7. The highest BCUT2D eigenvalue weighted by atomic mass is 16.2. The molecule has 2 unspecified atom stereocenters. The molecule has 0 N–H and O–H groups in total. The van der Waals surface area contributed by atoms with Crippen LogP contribution in [0.15, 0.2) is 42.5 Å². The summed E-state index contributed by atoms with van der Waals surface area (Å²) in [4.78, 5) is 26.6. The summed E-state index contributed by atoms with van der Waals surface area (Å²) in [6, 6.07) is 9.16. The van der Waals surface area contributed by atoms with Crippen molar-refractivity contribution in [2.24, 2.45) is 11.8 Å². The van der Waals surface area contributed by atoms with Gasteiger partial charge in [-0.2, -0.15) is 0 Å². The second-order valence-electron chi connectivity index (χ2n) is 5.23. The van der Waals surface area contributed by atoms with Crippen LogP contribution in [0.2, 0.25) is 0 Å². The number of carbonyl (C=O) groups excluding carboxylic acids is 2. The largest absolute Gasteiger partial charge is 0.274 e. The first-order valence-electron chi connectivity index (χ1n) is 7.22. The molecule has 1 aliphatic heterocycles. The normalized spacial score (nSPS) is 22.4. The highest BCUT2D eigenvalue weighted by Crippen LogP contribution is 2.37. The number of benzene rings is 1. The quantitative estimate of drug-likeness (QED) is 0.606. The molecule has 1 fully saturated rings. The van der Waals surface area contributed by atoms with E-state index in [1.54, 1.807) is 12.1 Å². The average Bonchev–Trinajstić information content (AvgIpc) is 2.71. The fraction of sp³-hybridized carbons (Fsp3) is 0.412. The summed E-state index contributed by atoms with van der Waals surface area (Å²) >= 11 is 0. The summed E-state index contributed by atoms with van der Waals surface area (Å²) in [6.45, 7) is 8.02. The predicted octanol–water partition coefficient (Wildman–Crippen LogP) is 3.56. The second kappa shape index (κ2) is 6.04. The van der Waals surface area contributed by atoms with Crippen molar-refractivity contribution in [3.05, 3.63) is 42.5 Å². The Morgan fingerprint density at radius 2 is 1.80 bits per heavy atom. The van der Waals surface area contributed by atoms with Crippen molar-refractivity contribution in [3.8, 4) is 0 Å². The van der Waals surface area contributed by atoms with Crippen molar-refractivity contribution in [3.63, 3.8) is 0 Å². The molecule has 0 aromatic heterocycles. The monoisotopic (exact) mass is 271 g/mol. The summed E-state index contributed by atoms with van der Waals surface area (Å²) in [5.74, 6) is -0.804. The van der Waals surface area contributed by atoms with Gasteiger partial charge >= 0.3 is 0 Å². The molecule has 0 radical (unpaired) electrons. The van der Waals surface area contributed by atoms with Gasteiger partial charge in [-0.25, -0.2) is 4.90 Å². The lowest BCUT2D eigenvalue weighted by atomic mass is 9.84. The second-order valence-corrected chi connectivity index (χ2v) is 5.23. The maximum absolute atomic E-state index is 12.6. The fourth-order valence-electron chi connectivity index (χ4n) is 2.84. The number of anilines is 1. The number of amides is 2. The first kappa shape index (κ1) is 14.5. The molecule has 1 aliphatic rings. The molecular formula is C17H21NO2. The minimum atomic E-state index is -0.354. The third kappa shape index (κ3) is 2.40. The van der Waals surface area contributed by atoms with E-state index in [0.717, 1.165) is 24.8 Å². The number of imide groups is 1. The highest BCUT2D eigenvalue weighted by molar-refractivity contribution is 6.22. The Bertz CT molecular complexity index is 521. The lowest BCUT2D eigenvalue weighted by Gasteiger charge is -2.15. The topological polar surface area (TPSA) is 37.4 Å². The SMILES string of the molecule is C=C(CC)C1C(=O)N(c2ccccc2)C(=O)C1CCC. The van der Waals surface area contributed by atoms with Gasteiger partial charge in [0.25, 0.3) is 0 Å². The Kier molecular flexibility index (Phi) is 4.38. The highest BCUT2D eigenvalue weighted by Gasteiger charge is 2.48. The Balaban J connectivity index is 2.39. The first-order chi connectivity index (χ1) is 9.61. The maximum atomic E-state index is 12.6. The molecule has 3 nitrogen and oxygen atoms in total. The number of carbonyl (C=O) groups is 2. The van der Waals surface area contributed by atoms with E-state index >= 15 is 0 Å². The van der Waals surface area contributed by atoms with Gasteiger partial charge in [0.1, 0.15) is 0 Å². The van der Waals surface area contributed by atoms with Gasteiger partial charge in [-0.1, -0.05) is 50.6 Å². The maximum Gasteiger partial charge on any atom is 0.241 e. The van der Waals surface area contributed by atoms with Crippen molar-refractivity contribution in [1.82, 2.24) is 0 Å². The number of hydrogen-bond donors (Lipinski definition) is 0. The molecule has 0 spiro atoms. The van der Waals surface area contributed by atoms with Gasteiger partial charge in [-0.15, -0.1) is 0 Å². The molecule has 0 bridgehead atoms. The predicted molar refractivity (Wildman–Crippen MR) is 80.3 cm³/mol. The van der Waals surface area contributed by atoms with Crippen LogP contribution in [-0.4, -0.2) is 11.8 Å². The lowest BCUT2D eigenvalue weighted by Crippen LogP contribution is -2.31. The zero-order valence-electron chi connectivity index (χ0n) is 12.1. The lowest BCUT2D eigenvalue weighted by molar-refractivity contribution is -0.122. The van der Waals surface area contributed by atoms with Gasteiger partial charge in [0, 0.05) is 0 Å². The van der Waals surface area contributed by atoms with Gasteiger partial charge in [-0.3, -0.25) is 9.59 Å². The third-order valence-electron chi connectivity index (χ3n) is 3.93. The van der Waals surface area contributed by atoms with Crippen LogP contribution >= 0.6 is 0 Å². The first-order valence-corrected chi connectivity index (χ1v) is 7.22. The molecule has 2 amide bonds. The summed E-state index contributed by atoms with van der Waals surface area (Å²) in [7, 11) is 0. The Morgan fingerprint density at radius 3 is 2.35 bits per heavy atom. The zero-order valence-corrected chi connectivity index (χ0v) is 12.1. The third-order valence-corrected chi connectivity index (χ3v) is 3.93. The number of nitrogens with zero attached hydrogens (tertiary/aromatic N) is 1. The molecule has 0 saturated carbocycles. The van der Waals surface area contributed by atoms with E-state index in [2.05, 4.69) is 6.58 Å². The Labute approximate surface area is 120 Å². The van der Waals surface area contributed by atoms with Gasteiger partial charge < -0.3 is 0 Å². The molecule has 2 rings (SSSR count). The van der Waals surface area contributed by atoms with Crippen LogP contribution in [0.25, 0.3) is 0 Å². The molecule has 1 aromatic carbocycles. The van der Waals surface area contributed by atoms with E-state index in [0.29, 0.717) is 5.69 Å². The standard InChI is InChI=1S/C17H21NO2/c1-4-9-14-15(12(3)5-2)17(20)18(16(14)19)13-10-7-6-8-11-13/h6-8,10-11,14-15H,3-5,9H2,1-2H3. The molecule has 106 valence electrons. The molecule has 0 aliphatic carbocycles. The van der Waals surface area contributed by atoms with Gasteiger partial charge in [0.15, 0.2) is 0 Å². The molecule has 2 atom stereocenters. The molecule has 1 heterocycles. The Hall–Kier alpha value is -1.90. The smallest absolute Gasteiger partial charge is 0.241 e. The summed E-state index contributed by atoms with van der Waals surface area (Å²) in [5, 5.41) is 0. The molecule has 20 heavy (non-hydrogen) atoms. The van der Waals surface area contributed by atoms with Crippen LogP contribution in [-0.2, 0) is 9.59 Å². The van der Waals surface area contributed by atoms with Crippen molar-refractivity contribution in [1.29, 1.82) is 0 Å². The van der Waals surface area contributed by atoms with Crippen LogP contribution in [0.5, 0.6) is 0 Å². The average molecular weight is 271 g/mol. The van der Waals surface area contributed by atoms with E-state index in [1.807, 2.05) is 32.0 Å². The van der Waals surface area contributed by atoms with Gasteiger partial charge in [-0.05, 0) is 25.0 Å². The number of rotatable bonds is 5.